The molecule has 0 heterocycles. The number of nitrogens with one attached hydrogen (secondary N) is 3. The predicted octanol–water partition coefficient (Wildman–Crippen LogP) is 3.14. The molecule has 0 aliphatic carbocycles. The van der Waals surface area contributed by atoms with E-state index in [9.17, 15) is 14.9 Å². The maximum atomic E-state index is 12.1. The average molecular weight is 344 g/mol. The summed E-state index contributed by atoms with van der Waals surface area (Å²) >= 11 is 0. The van der Waals surface area contributed by atoms with Crippen molar-refractivity contribution >= 4 is 23.2 Å². The third-order valence-electron chi connectivity index (χ3n) is 4.04. The molecule has 2 amide bonds. The van der Waals surface area contributed by atoms with Crippen LogP contribution in [0.5, 0.6) is 0 Å². The molecule has 1 atom stereocenters. The van der Waals surface area contributed by atoms with Gasteiger partial charge in [0.25, 0.3) is 0 Å². The van der Waals surface area contributed by atoms with Crippen molar-refractivity contribution in [3.05, 3.63) is 24.3 Å². The summed E-state index contributed by atoms with van der Waals surface area (Å²) in [5, 5.41) is 17.9. The highest BCUT2D eigenvalue weighted by Crippen LogP contribution is 2.20. The van der Waals surface area contributed by atoms with Crippen LogP contribution in [0.4, 0.5) is 11.4 Å². The molecule has 0 aliphatic heterocycles. The molecule has 0 radical (unpaired) electrons. The first kappa shape index (κ1) is 20.5. The van der Waals surface area contributed by atoms with Crippen LogP contribution in [0.1, 0.15) is 41.5 Å². The van der Waals surface area contributed by atoms with Crippen LogP contribution in [-0.2, 0) is 9.59 Å². The zero-order valence-corrected chi connectivity index (χ0v) is 15.9. The molecule has 0 saturated carbocycles. The highest BCUT2D eigenvalue weighted by molar-refractivity contribution is 5.95. The van der Waals surface area contributed by atoms with E-state index >= 15 is 0 Å². The number of rotatable bonds is 6. The van der Waals surface area contributed by atoms with Crippen molar-refractivity contribution in [3.63, 3.8) is 0 Å². The summed E-state index contributed by atoms with van der Waals surface area (Å²) in [6.45, 7) is 11.1. The minimum absolute atomic E-state index is 0.00242. The molecule has 0 spiro atoms. The quantitative estimate of drug-likeness (QED) is 0.739. The van der Waals surface area contributed by atoms with Crippen LogP contribution in [0.25, 0.3) is 0 Å². The van der Waals surface area contributed by atoms with Crippen molar-refractivity contribution in [2.24, 2.45) is 11.3 Å². The minimum Gasteiger partial charge on any atom is -0.376 e. The van der Waals surface area contributed by atoms with Crippen LogP contribution >= 0.6 is 0 Å². The van der Waals surface area contributed by atoms with Crippen LogP contribution in [-0.4, -0.2) is 23.9 Å². The van der Waals surface area contributed by atoms with Gasteiger partial charge in [-0.2, -0.15) is 5.26 Å². The van der Waals surface area contributed by atoms with Crippen molar-refractivity contribution in [3.8, 4) is 6.07 Å². The maximum absolute atomic E-state index is 12.1. The number of anilines is 2. The normalized spacial score (nSPS) is 13.5. The van der Waals surface area contributed by atoms with E-state index in [0.717, 1.165) is 0 Å². The monoisotopic (exact) mass is 344 g/mol. The van der Waals surface area contributed by atoms with Crippen LogP contribution in [0.15, 0.2) is 24.3 Å². The Balaban J connectivity index is 2.67. The third kappa shape index (κ3) is 6.11. The van der Waals surface area contributed by atoms with Gasteiger partial charge < -0.3 is 16.0 Å². The number of hydrogen-bond donors (Lipinski definition) is 3. The summed E-state index contributed by atoms with van der Waals surface area (Å²) < 4.78 is 0. The lowest BCUT2D eigenvalue weighted by atomic mass is 9.90. The van der Waals surface area contributed by atoms with E-state index in [0.29, 0.717) is 11.4 Å². The Morgan fingerprint density at radius 3 is 2.28 bits per heavy atom. The molecule has 0 fully saturated rings. The Labute approximate surface area is 150 Å². The van der Waals surface area contributed by atoms with Gasteiger partial charge in [-0.05, 0) is 31.0 Å². The SMILES string of the molecule is CC(C)[C@@](C)(C#N)NC(=O)CNc1cccc(NC(=O)C(C)(C)C)c1. The standard InChI is InChI=1S/C19H28N4O2/c1-13(2)19(6,12-20)23-16(24)11-21-14-8-7-9-15(10-14)22-17(25)18(3,4)5/h7-10,13,21H,11H2,1-6H3,(H,22,25)(H,23,24)/t19-/m1/s1. The second kappa shape index (κ2) is 8.02. The molecule has 1 aromatic rings. The summed E-state index contributed by atoms with van der Waals surface area (Å²) in [6, 6.07) is 9.31. The van der Waals surface area contributed by atoms with Crippen molar-refractivity contribution < 1.29 is 9.59 Å². The van der Waals surface area contributed by atoms with Crippen LogP contribution in [0.2, 0.25) is 0 Å². The summed E-state index contributed by atoms with van der Waals surface area (Å²) in [4.78, 5) is 24.1. The fourth-order valence-electron chi connectivity index (χ4n) is 1.84. The Morgan fingerprint density at radius 2 is 1.76 bits per heavy atom. The number of nitriles is 1. The van der Waals surface area contributed by atoms with Crippen molar-refractivity contribution in [2.45, 2.75) is 47.1 Å². The van der Waals surface area contributed by atoms with Gasteiger partial charge in [0.05, 0.1) is 12.6 Å². The molecule has 0 aromatic heterocycles. The van der Waals surface area contributed by atoms with Crippen molar-refractivity contribution in [2.75, 3.05) is 17.2 Å². The highest BCUT2D eigenvalue weighted by atomic mass is 16.2. The molecule has 25 heavy (non-hydrogen) atoms. The van der Waals surface area contributed by atoms with Crippen LogP contribution < -0.4 is 16.0 Å². The summed E-state index contributed by atoms with van der Waals surface area (Å²) in [5.74, 6) is -0.344. The topological polar surface area (TPSA) is 94.0 Å². The maximum Gasteiger partial charge on any atom is 0.240 e. The lowest BCUT2D eigenvalue weighted by Gasteiger charge is -2.27. The van der Waals surface area contributed by atoms with Gasteiger partial charge in [0, 0.05) is 16.8 Å². The Kier molecular flexibility index (Phi) is 6.57. The molecule has 136 valence electrons. The molecule has 6 heteroatoms. The zero-order valence-electron chi connectivity index (χ0n) is 15.9. The third-order valence-corrected chi connectivity index (χ3v) is 4.04. The molecule has 1 rings (SSSR count). The molecule has 1 aromatic carbocycles. The largest absolute Gasteiger partial charge is 0.376 e. The molecule has 6 nitrogen and oxygen atoms in total. The zero-order chi connectivity index (χ0) is 19.3. The molecule has 0 bridgehead atoms. The molecule has 3 N–H and O–H groups in total. The van der Waals surface area contributed by atoms with Crippen LogP contribution in [0, 0.1) is 22.7 Å². The minimum atomic E-state index is -0.901. The first-order valence-electron chi connectivity index (χ1n) is 8.35. The van der Waals surface area contributed by atoms with Gasteiger partial charge in [-0.15, -0.1) is 0 Å². The first-order valence-corrected chi connectivity index (χ1v) is 8.35. The van der Waals surface area contributed by atoms with Gasteiger partial charge in [0.15, 0.2) is 0 Å². The number of nitrogens with zero attached hydrogens (tertiary/aromatic N) is 1. The molecule has 0 saturated heterocycles. The summed E-state index contributed by atoms with van der Waals surface area (Å²) in [6.07, 6.45) is 0. The number of hydrogen-bond acceptors (Lipinski definition) is 4. The first-order chi connectivity index (χ1) is 11.5. The number of benzene rings is 1. The summed E-state index contributed by atoms with van der Waals surface area (Å²) in [7, 11) is 0. The van der Waals surface area contributed by atoms with Gasteiger partial charge in [-0.1, -0.05) is 40.7 Å². The van der Waals surface area contributed by atoms with E-state index in [4.69, 9.17) is 0 Å². The lowest BCUT2D eigenvalue weighted by Crippen LogP contribution is -2.50. The fraction of sp³-hybridized carbons (Fsp3) is 0.526. The second-order valence-corrected chi connectivity index (χ2v) is 7.66. The van der Waals surface area contributed by atoms with E-state index < -0.39 is 11.0 Å². The van der Waals surface area contributed by atoms with Gasteiger partial charge >= 0.3 is 0 Å². The van der Waals surface area contributed by atoms with Crippen molar-refractivity contribution in [1.29, 1.82) is 5.26 Å². The Hall–Kier alpha value is -2.55. The number of carbonyl (C=O) groups excluding carboxylic acids is 2. The van der Waals surface area contributed by atoms with E-state index in [2.05, 4.69) is 22.0 Å². The smallest absolute Gasteiger partial charge is 0.240 e. The van der Waals surface area contributed by atoms with Crippen molar-refractivity contribution in [1.82, 2.24) is 5.32 Å². The Bertz CT molecular complexity index is 671. The average Bonchev–Trinajstić information content (AvgIpc) is 2.52. The fourth-order valence-corrected chi connectivity index (χ4v) is 1.84. The van der Waals surface area contributed by atoms with E-state index in [-0.39, 0.29) is 24.3 Å². The van der Waals surface area contributed by atoms with Gasteiger partial charge in [-0.25, -0.2) is 0 Å². The molecular weight excluding hydrogens is 316 g/mol. The van der Waals surface area contributed by atoms with E-state index in [1.165, 1.54) is 0 Å². The molecular formula is C19H28N4O2. The van der Waals surface area contributed by atoms with E-state index in [1.807, 2.05) is 40.7 Å². The molecule has 0 unspecified atom stereocenters. The summed E-state index contributed by atoms with van der Waals surface area (Å²) in [5.41, 5.74) is -0.0112. The molecule has 0 aliphatic rings. The Morgan fingerprint density at radius 1 is 1.16 bits per heavy atom. The van der Waals surface area contributed by atoms with Crippen LogP contribution in [0.3, 0.4) is 0 Å². The van der Waals surface area contributed by atoms with E-state index in [1.54, 1.807) is 25.1 Å². The number of amides is 2. The second-order valence-electron chi connectivity index (χ2n) is 7.66. The highest BCUT2D eigenvalue weighted by Gasteiger charge is 2.29. The number of carbonyl (C=O) groups is 2. The van der Waals surface area contributed by atoms with Gasteiger partial charge in [0.2, 0.25) is 11.8 Å². The van der Waals surface area contributed by atoms with Gasteiger partial charge in [-0.3, -0.25) is 9.59 Å². The van der Waals surface area contributed by atoms with Gasteiger partial charge in [0.1, 0.15) is 5.54 Å². The predicted molar refractivity (Wildman–Crippen MR) is 100 cm³/mol. The lowest BCUT2D eigenvalue weighted by molar-refractivity contribution is -0.123.